The van der Waals surface area contributed by atoms with Crippen LogP contribution in [0.4, 0.5) is 10.1 Å². The number of carbonyl (C=O) groups excluding carboxylic acids is 2. The maximum absolute atomic E-state index is 13.6. The van der Waals surface area contributed by atoms with Crippen LogP contribution in [0.2, 0.25) is 0 Å². The van der Waals surface area contributed by atoms with E-state index in [1.54, 1.807) is 30.3 Å². The van der Waals surface area contributed by atoms with Crippen LogP contribution in [0.15, 0.2) is 54.6 Å². The van der Waals surface area contributed by atoms with Gasteiger partial charge in [0, 0.05) is 11.3 Å². The Hall–Kier alpha value is -2.75. The number of hydrogen-bond donors (Lipinski definition) is 1. The summed E-state index contributed by atoms with van der Waals surface area (Å²) in [5.41, 5.74) is 1.53. The lowest BCUT2D eigenvalue weighted by atomic mass is 10.0. The van der Waals surface area contributed by atoms with Crippen LogP contribution in [0.25, 0.3) is 5.57 Å². The van der Waals surface area contributed by atoms with E-state index in [1.807, 2.05) is 0 Å². The number of rotatable bonds is 2. The number of amides is 1. The Morgan fingerprint density at radius 1 is 1.05 bits per heavy atom. The SMILES string of the molecule is O=C1Nc2ccccc2/C1=C/C(=O)c1ccccc1F. The van der Waals surface area contributed by atoms with Gasteiger partial charge in [-0.15, -0.1) is 0 Å². The van der Waals surface area contributed by atoms with E-state index >= 15 is 0 Å². The quantitative estimate of drug-likeness (QED) is 0.671. The number of fused-ring (bicyclic) bond motifs is 1. The summed E-state index contributed by atoms with van der Waals surface area (Å²) in [7, 11) is 0. The van der Waals surface area contributed by atoms with Crippen LogP contribution in [-0.4, -0.2) is 11.7 Å². The first-order valence-corrected chi connectivity index (χ1v) is 6.08. The van der Waals surface area contributed by atoms with Crippen LogP contribution in [-0.2, 0) is 4.79 Å². The predicted molar refractivity (Wildman–Crippen MR) is 73.8 cm³/mol. The van der Waals surface area contributed by atoms with E-state index in [0.29, 0.717) is 11.3 Å². The molecule has 20 heavy (non-hydrogen) atoms. The van der Waals surface area contributed by atoms with Crippen LogP contribution in [0.3, 0.4) is 0 Å². The van der Waals surface area contributed by atoms with E-state index in [2.05, 4.69) is 5.32 Å². The average molecular weight is 267 g/mol. The van der Waals surface area contributed by atoms with Crippen molar-refractivity contribution in [2.75, 3.05) is 5.32 Å². The number of anilines is 1. The molecule has 1 aliphatic rings. The number of benzene rings is 2. The zero-order valence-corrected chi connectivity index (χ0v) is 10.4. The second-order valence-corrected chi connectivity index (χ2v) is 4.40. The molecule has 0 bridgehead atoms. The molecule has 1 amide bonds. The number of halogens is 1. The monoisotopic (exact) mass is 267 g/mol. The van der Waals surface area contributed by atoms with Gasteiger partial charge < -0.3 is 5.32 Å². The van der Waals surface area contributed by atoms with Gasteiger partial charge in [-0.25, -0.2) is 4.39 Å². The van der Waals surface area contributed by atoms with Crippen molar-refractivity contribution in [1.82, 2.24) is 0 Å². The summed E-state index contributed by atoms with van der Waals surface area (Å²) in [5.74, 6) is -1.47. The molecule has 0 unspecified atom stereocenters. The van der Waals surface area contributed by atoms with Crippen LogP contribution < -0.4 is 5.32 Å². The van der Waals surface area contributed by atoms with Gasteiger partial charge in [-0.1, -0.05) is 30.3 Å². The fourth-order valence-corrected chi connectivity index (χ4v) is 2.15. The van der Waals surface area contributed by atoms with Gasteiger partial charge in [0.2, 0.25) is 0 Å². The fraction of sp³-hybridized carbons (Fsp3) is 0. The standard InChI is InChI=1S/C16H10FNO2/c17-13-7-3-1-6-11(13)15(19)9-12-10-5-2-4-8-14(10)18-16(12)20/h1-9H,(H,18,20)/b12-9-. The molecule has 1 aliphatic heterocycles. The largest absolute Gasteiger partial charge is 0.321 e. The van der Waals surface area contributed by atoms with E-state index in [-0.39, 0.29) is 17.0 Å². The number of para-hydroxylation sites is 1. The van der Waals surface area contributed by atoms with Crippen LogP contribution >= 0.6 is 0 Å². The highest BCUT2D eigenvalue weighted by atomic mass is 19.1. The van der Waals surface area contributed by atoms with Crippen molar-refractivity contribution in [1.29, 1.82) is 0 Å². The maximum Gasteiger partial charge on any atom is 0.256 e. The predicted octanol–water partition coefficient (Wildman–Crippen LogP) is 3.04. The lowest BCUT2D eigenvalue weighted by Crippen LogP contribution is -2.06. The first-order valence-electron chi connectivity index (χ1n) is 6.08. The smallest absolute Gasteiger partial charge is 0.256 e. The molecule has 0 saturated heterocycles. The number of hydrogen-bond acceptors (Lipinski definition) is 2. The molecule has 3 rings (SSSR count). The van der Waals surface area contributed by atoms with Crippen molar-refractivity contribution in [3.8, 4) is 0 Å². The van der Waals surface area contributed by atoms with Gasteiger partial charge in [-0.2, -0.15) is 0 Å². The maximum atomic E-state index is 13.6. The minimum Gasteiger partial charge on any atom is -0.321 e. The van der Waals surface area contributed by atoms with Crippen molar-refractivity contribution in [2.24, 2.45) is 0 Å². The van der Waals surface area contributed by atoms with Crippen molar-refractivity contribution >= 4 is 23.0 Å². The summed E-state index contributed by atoms with van der Waals surface area (Å²) in [6, 6.07) is 12.8. The number of carbonyl (C=O) groups is 2. The number of ketones is 1. The molecule has 0 aliphatic carbocycles. The minimum atomic E-state index is -0.596. The average Bonchev–Trinajstić information content (AvgIpc) is 2.76. The highest BCUT2D eigenvalue weighted by Gasteiger charge is 2.24. The first kappa shape index (κ1) is 12.3. The van der Waals surface area contributed by atoms with Crippen molar-refractivity contribution < 1.29 is 14.0 Å². The highest BCUT2D eigenvalue weighted by Crippen LogP contribution is 2.31. The molecule has 1 heterocycles. The van der Waals surface area contributed by atoms with Gasteiger partial charge in [0.15, 0.2) is 5.78 Å². The summed E-state index contributed by atoms with van der Waals surface area (Å²) in [6.45, 7) is 0. The Bertz CT molecular complexity index is 750. The molecule has 3 nitrogen and oxygen atoms in total. The van der Waals surface area contributed by atoms with E-state index in [1.165, 1.54) is 24.3 Å². The van der Waals surface area contributed by atoms with Crippen molar-refractivity contribution in [3.63, 3.8) is 0 Å². The van der Waals surface area contributed by atoms with Gasteiger partial charge in [0.25, 0.3) is 5.91 Å². The van der Waals surface area contributed by atoms with Gasteiger partial charge in [0.1, 0.15) is 5.82 Å². The Labute approximate surface area is 114 Å². The van der Waals surface area contributed by atoms with Crippen LogP contribution in [0.5, 0.6) is 0 Å². The summed E-state index contributed by atoms with van der Waals surface area (Å²) >= 11 is 0. The highest BCUT2D eigenvalue weighted by molar-refractivity contribution is 6.35. The second kappa shape index (κ2) is 4.74. The number of nitrogens with one attached hydrogen (secondary N) is 1. The molecule has 2 aromatic rings. The molecular weight excluding hydrogens is 257 g/mol. The third-order valence-corrected chi connectivity index (χ3v) is 3.12. The zero-order valence-electron chi connectivity index (χ0n) is 10.4. The minimum absolute atomic E-state index is 0.0443. The third-order valence-electron chi connectivity index (χ3n) is 3.12. The molecule has 1 N–H and O–H groups in total. The third kappa shape index (κ3) is 2.01. The summed E-state index contributed by atoms with van der Waals surface area (Å²) < 4.78 is 13.6. The molecule has 0 radical (unpaired) electrons. The lowest BCUT2D eigenvalue weighted by molar-refractivity contribution is -0.110. The Morgan fingerprint density at radius 2 is 1.75 bits per heavy atom. The molecule has 98 valence electrons. The van der Waals surface area contributed by atoms with Gasteiger partial charge in [0.05, 0.1) is 11.1 Å². The van der Waals surface area contributed by atoms with Crippen LogP contribution in [0, 0.1) is 5.82 Å². The number of allylic oxidation sites excluding steroid dienone is 1. The zero-order chi connectivity index (χ0) is 14.1. The van der Waals surface area contributed by atoms with Crippen LogP contribution in [0.1, 0.15) is 15.9 Å². The van der Waals surface area contributed by atoms with E-state index < -0.39 is 11.6 Å². The molecule has 0 atom stereocenters. The normalized spacial score (nSPS) is 15.1. The van der Waals surface area contributed by atoms with Gasteiger partial charge in [-0.3, -0.25) is 9.59 Å². The summed E-state index contributed by atoms with van der Waals surface area (Å²) in [5, 5.41) is 2.67. The van der Waals surface area contributed by atoms with E-state index in [0.717, 1.165) is 0 Å². The fourth-order valence-electron chi connectivity index (χ4n) is 2.15. The van der Waals surface area contributed by atoms with E-state index in [4.69, 9.17) is 0 Å². The Balaban J connectivity index is 2.03. The topological polar surface area (TPSA) is 46.2 Å². The Kier molecular flexibility index (Phi) is 2.91. The molecule has 0 saturated carbocycles. The van der Waals surface area contributed by atoms with Gasteiger partial charge >= 0.3 is 0 Å². The second-order valence-electron chi connectivity index (χ2n) is 4.40. The molecule has 0 aromatic heterocycles. The van der Waals surface area contributed by atoms with E-state index in [9.17, 15) is 14.0 Å². The van der Waals surface area contributed by atoms with Crippen molar-refractivity contribution in [2.45, 2.75) is 0 Å². The Morgan fingerprint density at radius 3 is 2.55 bits per heavy atom. The molecule has 4 heteroatoms. The summed E-state index contributed by atoms with van der Waals surface area (Å²) in [4.78, 5) is 23.9. The molecule has 0 spiro atoms. The molecule has 0 fully saturated rings. The van der Waals surface area contributed by atoms with Gasteiger partial charge in [-0.05, 0) is 24.3 Å². The lowest BCUT2D eigenvalue weighted by Gasteiger charge is -1.99. The summed E-state index contributed by atoms with van der Waals surface area (Å²) in [6.07, 6.45) is 1.18. The molecular formula is C16H10FNO2. The first-order chi connectivity index (χ1) is 9.66. The van der Waals surface area contributed by atoms with Crippen molar-refractivity contribution in [3.05, 3.63) is 71.6 Å². The molecule has 2 aromatic carbocycles.